The molecule has 2 N–H and O–H groups in total. The largest absolute Gasteiger partial charge is 0.501 e. The molecule has 1 aromatic carbocycles. The maximum atomic E-state index is 13.2. The number of imidazole rings is 1. The number of aromatic nitrogens is 3. The molecule has 39 heavy (non-hydrogen) atoms. The fourth-order valence-electron chi connectivity index (χ4n) is 4.92. The van der Waals surface area contributed by atoms with E-state index < -0.39 is 38.5 Å². The second kappa shape index (κ2) is 11.2. The first-order valence-electron chi connectivity index (χ1n) is 12.2. The summed E-state index contributed by atoms with van der Waals surface area (Å²) in [5, 5.41) is 13.8. The van der Waals surface area contributed by atoms with Crippen molar-refractivity contribution in [3.8, 4) is 5.75 Å². The van der Waals surface area contributed by atoms with Gasteiger partial charge in [0.2, 0.25) is 17.4 Å². The van der Waals surface area contributed by atoms with Crippen LogP contribution in [0, 0.1) is 11.8 Å². The second-order valence-electron chi connectivity index (χ2n) is 10.2. The van der Waals surface area contributed by atoms with Crippen molar-refractivity contribution in [3.05, 3.63) is 61.7 Å². The number of likely N-dealkylation sites (tertiary alicyclic amines) is 1. The van der Waals surface area contributed by atoms with Gasteiger partial charge in [0.25, 0.3) is 5.91 Å². The molecular formula is C25H29Cl2N5O6S. The number of halogens is 2. The van der Waals surface area contributed by atoms with E-state index in [9.17, 15) is 27.9 Å². The van der Waals surface area contributed by atoms with Crippen LogP contribution >= 0.6 is 23.2 Å². The van der Waals surface area contributed by atoms with Crippen molar-refractivity contribution >= 4 is 50.6 Å². The summed E-state index contributed by atoms with van der Waals surface area (Å²) >= 11 is 11.9. The molecule has 0 bridgehead atoms. The van der Waals surface area contributed by atoms with Crippen LogP contribution in [-0.4, -0.2) is 63.5 Å². The Morgan fingerprint density at radius 1 is 1.15 bits per heavy atom. The molecule has 0 spiro atoms. The minimum absolute atomic E-state index is 0.000365. The van der Waals surface area contributed by atoms with E-state index in [-0.39, 0.29) is 30.5 Å². The summed E-state index contributed by atoms with van der Waals surface area (Å²) in [6.45, 7) is 5.06. The zero-order valence-electron chi connectivity index (χ0n) is 21.6. The fourth-order valence-corrected chi connectivity index (χ4v) is 5.98. The molecule has 0 saturated carbocycles. The lowest BCUT2D eigenvalue weighted by Gasteiger charge is -2.35. The Labute approximate surface area is 235 Å². The van der Waals surface area contributed by atoms with Crippen LogP contribution in [0.15, 0.2) is 29.2 Å². The Morgan fingerprint density at radius 3 is 2.44 bits per heavy atom. The molecule has 2 amide bonds. The highest BCUT2D eigenvalue weighted by Gasteiger charge is 2.28. The van der Waals surface area contributed by atoms with Gasteiger partial charge in [-0.25, -0.2) is 17.8 Å². The summed E-state index contributed by atoms with van der Waals surface area (Å²) in [7, 11) is -3.60. The summed E-state index contributed by atoms with van der Waals surface area (Å²) in [6.07, 6.45) is 3.35. The minimum atomic E-state index is -3.60. The predicted molar refractivity (Wildman–Crippen MR) is 147 cm³/mol. The molecule has 2 atom stereocenters. The van der Waals surface area contributed by atoms with Crippen molar-refractivity contribution in [2.45, 2.75) is 39.1 Å². The number of piperidine rings is 1. The standard InChI is InChI=1S/C25H29Cl2N5O6S/c1-14-6-15(2)10-30(9-14)20(33)12-31-11-17(13-39(3,37)38)32-24(36)22(34)21(29-25(31)32)23(35)28-8-16-4-5-18(26)19(27)7-16/h4-5,7,11,14-15,34H,6,8-10,12-13H2,1-3H3,(H,28,35). The van der Waals surface area contributed by atoms with Gasteiger partial charge in [-0.3, -0.25) is 14.4 Å². The number of rotatable bonds is 7. The van der Waals surface area contributed by atoms with Crippen LogP contribution in [0.25, 0.3) is 5.78 Å². The van der Waals surface area contributed by atoms with Gasteiger partial charge in [-0.15, -0.1) is 0 Å². The molecule has 1 saturated heterocycles. The molecule has 14 heteroatoms. The van der Waals surface area contributed by atoms with Crippen LogP contribution in [0.1, 0.15) is 42.0 Å². The molecule has 210 valence electrons. The quantitative estimate of drug-likeness (QED) is 0.426. The lowest BCUT2D eigenvalue weighted by molar-refractivity contribution is -0.134. The number of hydrogen-bond donors (Lipinski definition) is 2. The number of hydrogen-bond acceptors (Lipinski definition) is 7. The number of nitrogens with one attached hydrogen (secondary N) is 1. The average Bonchev–Trinajstić information content (AvgIpc) is 3.16. The minimum Gasteiger partial charge on any atom is -0.501 e. The summed E-state index contributed by atoms with van der Waals surface area (Å²) in [5.74, 6) is -2.05. The van der Waals surface area contributed by atoms with Gasteiger partial charge in [0.15, 0.2) is 15.5 Å². The van der Waals surface area contributed by atoms with Gasteiger partial charge in [-0.2, -0.15) is 0 Å². The smallest absolute Gasteiger partial charge is 0.302 e. The van der Waals surface area contributed by atoms with Crippen molar-refractivity contribution < 1.29 is 23.1 Å². The number of nitrogens with zero attached hydrogens (tertiary/aromatic N) is 4. The highest BCUT2D eigenvalue weighted by Crippen LogP contribution is 2.24. The molecule has 4 rings (SSSR count). The molecule has 0 radical (unpaired) electrons. The topological polar surface area (TPSA) is 143 Å². The van der Waals surface area contributed by atoms with Gasteiger partial charge in [-0.05, 0) is 36.0 Å². The Bertz CT molecular complexity index is 1610. The van der Waals surface area contributed by atoms with Crippen molar-refractivity contribution in [2.75, 3.05) is 19.3 Å². The van der Waals surface area contributed by atoms with Gasteiger partial charge in [0, 0.05) is 32.1 Å². The van der Waals surface area contributed by atoms with E-state index >= 15 is 0 Å². The normalized spacial score (nSPS) is 17.9. The SMILES string of the molecule is CC1CC(C)CN(C(=O)Cn2cc(CS(C)(=O)=O)n3c(=O)c(O)c(C(=O)NCc4ccc(Cl)c(Cl)c4)nc23)C1. The molecule has 1 aliphatic rings. The van der Waals surface area contributed by atoms with Gasteiger partial charge < -0.3 is 19.9 Å². The summed E-state index contributed by atoms with van der Waals surface area (Å²) in [4.78, 5) is 45.3. The van der Waals surface area contributed by atoms with E-state index in [0.29, 0.717) is 40.5 Å². The van der Waals surface area contributed by atoms with E-state index in [1.54, 1.807) is 23.1 Å². The Hall–Kier alpha value is -3.09. The molecule has 2 aromatic heterocycles. The van der Waals surface area contributed by atoms with Crippen LogP contribution in [0.4, 0.5) is 0 Å². The lowest BCUT2D eigenvalue weighted by Crippen LogP contribution is -2.44. The molecule has 1 aliphatic heterocycles. The molecule has 2 unspecified atom stereocenters. The lowest BCUT2D eigenvalue weighted by atomic mass is 9.92. The van der Waals surface area contributed by atoms with Gasteiger partial charge >= 0.3 is 5.56 Å². The molecule has 3 heterocycles. The van der Waals surface area contributed by atoms with Crippen molar-refractivity contribution in [2.24, 2.45) is 11.8 Å². The number of benzene rings is 1. The maximum absolute atomic E-state index is 13.2. The number of amides is 2. The third kappa shape index (κ3) is 6.56. The van der Waals surface area contributed by atoms with E-state index in [4.69, 9.17) is 23.2 Å². The molecule has 3 aromatic rings. The third-order valence-electron chi connectivity index (χ3n) is 6.48. The Morgan fingerprint density at radius 2 is 1.82 bits per heavy atom. The average molecular weight is 599 g/mol. The summed E-state index contributed by atoms with van der Waals surface area (Å²) in [5.41, 5.74) is -0.955. The zero-order valence-corrected chi connectivity index (χ0v) is 24.0. The van der Waals surface area contributed by atoms with Crippen molar-refractivity contribution in [1.29, 1.82) is 0 Å². The van der Waals surface area contributed by atoms with Gasteiger partial charge in [0.1, 0.15) is 6.54 Å². The highest BCUT2D eigenvalue weighted by atomic mass is 35.5. The van der Waals surface area contributed by atoms with E-state index in [1.807, 2.05) is 0 Å². The maximum Gasteiger partial charge on any atom is 0.302 e. The Balaban J connectivity index is 1.71. The number of aromatic hydroxyl groups is 1. The van der Waals surface area contributed by atoms with Crippen LogP contribution in [0.2, 0.25) is 10.0 Å². The molecule has 11 nitrogen and oxygen atoms in total. The van der Waals surface area contributed by atoms with Gasteiger partial charge in [0.05, 0.1) is 21.5 Å². The predicted octanol–water partition coefficient (Wildman–Crippen LogP) is 2.49. The zero-order chi connectivity index (χ0) is 28.6. The second-order valence-corrected chi connectivity index (χ2v) is 13.2. The molecular weight excluding hydrogens is 569 g/mol. The highest BCUT2D eigenvalue weighted by molar-refractivity contribution is 7.89. The van der Waals surface area contributed by atoms with Crippen LogP contribution in [0.3, 0.4) is 0 Å². The first-order valence-corrected chi connectivity index (χ1v) is 15.1. The number of sulfone groups is 1. The number of carbonyl (C=O) groups excluding carboxylic acids is 2. The van der Waals surface area contributed by atoms with E-state index in [1.165, 1.54) is 10.8 Å². The van der Waals surface area contributed by atoms with Crippen LogP contribution in [0.5, 0.6) is 5.75 Å². The summed E-state index contributed by atoms with van der Waals surface area (Å²) < 4.78 is 26.4. The van der Waals surface area contributed by atoms with Crippen LogP contribution in [-0.2, 0) is 33.5 Å². The number of carbonyl (C=O) groups is 2. The number of fused-ring (bicyclic) bond motifs is 1. The van der Waals surface area contributed by atoms with Crippen LogP contribution < -0.4 is 10.9 Å². The first-order chi connectivity index (χ1) is 18.2. The summed E-state index contributed by atoms with van der Waals surface area (Å²) in [6, 6.07) is 4.78. The van der Waals surface area contributed by atoms with E-state index in [2.05, 4.69) is 24.1 Å². The molecule has 0 aliphatic carbocycles. The Kier molecular flexibility index (Phi) is 8.29. The molecule has 1 fully saturated rings. The van der Waals surface area contributed by atoms with E-state index in [0.717, 1.165) is 17.1 Å². The van der Waals surface area contributed by atoms with Crippen molar-refractivity contribution in [3.63, 3.8) is 0 Å². The monoisotopic (exact) mass is 597 g/mol. The van der Waals surface area contributed by atoms with Crippen molar-refractivity contribution in [1.82, 2.24) is 24.2 Å². The first kappa shape index (κ1) is 28.9. The third-order valence-corrected chi connectivity index (χ3v) is 8.04. The van der Waals surface area contributed by atoms with Gasteiger partial charge in [-0.1, -0.05) is 43.1 Å². The fraction of sp³-hybridized carbons (Fsp3) is 0.440.